The Morgan fingerprint density at radius 1 is 1.38 bits per heavy atom. The van der Waals surface area contributed by atoms with Crippen molar-refractivity contribution < 1.29 is 4.43 Å². The molecule has 1 aromatic heterocycles. The smallest absolute Gasteiger partial charge is 0.252 e. The van der Waals surface area contributed by atoms with E-state index in [0.717, 1.165) is 5.56 Å². The maximum atomic E-state index is 11.8. The summed E-state index contributed by atoms with van der Waals surface area (Å²) < 4.78 is 7.15. The van der Waals surface area contributed by atoms with Gasteiger partial charge in [0.05, 0.1) is 0 Å². The fourth-order valence-electron chi connectivity index (χ4n) is 1.31. The topological polar surface area (TPSA) is 31.2 Å². The van der Waals surface area contributed by atoms with Gasteiger partial charge in [-0.2, -0.15) is 0 Å². The van der Waals surface area contributed by atoms with E-state index in [1.807, 2.05) is 12.3 Å². The van der Waals surface area contributed by atoms with Crippen molar-refractivity contribution in [2.45, 2.75) is 46.0 Å². The Labute approximate surface area is 98.8 Å². The number of nitrogens with zero attached hydrogens (tertiary/aromatic N) is 1. The van der Waals surface area contributed by atoms with Crippen molar-refractivity contribution >= 4 is 9.04 Å². The summed E-state index contributed by atoms with van der Waals surface area (Å²) in [5, 5.41) is 0. The van der Waals surface area contributed by atoms with Gasteiger partial charge in [0.15, 0.2) is 9.04 Å². The standard InChI is InChI=1S/C12H21NO2Si/c1-12(2,3)10-6-7-13(11(14)8-10)9-15-16(4)5/h6-8,16H,9H2,1-5H3. The minimum Gasteiger partial charge on any atom is -0.403 e. The summed E-state index contributed by atoms with van der Waals surface area (Å²) in [4.78, 5) is 11.8. The number of pyridine rings is 1. The van der Waals surface area contributed by atoms with Crippen LogP contribution >= 0.6 is 0 Å². The van der Waals surface area contributed by atoms with Crippen LogP contribution in [0.15, 0.2) is 23.1 Å². The van der Waals surface area contributed by atoms with E-state index in [1.54, 1.807) is 10.6 Å². The maximum Gasteiger partial charge on any atom is 0.252 e. The van der Waals surface area contributed by atoms with Crippen LogP contribution in [-0.2, 0) is 16.6 Å². The molecule has 0 aliphatic heterocycles. The summed E-state index contributed by atoms with van der Waals surface area (Å²) in [6.07, 6.45) is 1.82. The lowest BCUT2D eigenvalue weighted by Gasteiger charge is -2.19. The second-order valence-electron chi connectivity index (χ2n) is 5.32. The molecule has 0 saturated carbocycles. The second-order valence-corrected chi connectivity index (χ2v) is 7.75. The van der Waals surface area contributed by atoms with E-state index in [-0.39, 0.29) is 11.0 Å². The Kier molecular flexibility index (Phi) is 4.10. The molecule has 0 bridgehead atoms. The van der Waals surface area contributed by atoms with E-state index in [0.29, 0.717) is 6.73 Å². The highest BCUT2D eigenvalue weighted by Crippen LogP contribution is 2.19. The summed E-state index contributed by atoms with van der Waals surface area (Å²) in [6.45, 7) is 10.9. The van der Waals surface area contributed by atoms with Gasteiger partial charge in [0, 0.05) is 12.3 Å². The fourth-order valence-corrected chi connectivity index (χ4v) is 1.77. The Morgan fingerprint density at radius 2 is 2.00 bits per heavy atom. The molecule has 0 unspecified atom stereocenters. The van der Waals surface area contributed by atoms with Gasteiger partial charge in [-0.3, -0.25) is 9.36 Å². The molecular formula is C12H21NO2Si. The van der Waals surface area contributed by atoms with Crippen LogP contribution in [0.5, 0.6) is 0 Å². The van der Waals surface area contributed by atoms with Gasteiger partial charge >= 0.3 is 0 Å². The first-order valence-electron chi connectivity index (χ1n) is 5.63. The van der Waals surface area contributed by atoms with Crippen LogP contribution in [-0.4, -0.2) is 13.6 Å². The summed E-state index contributed by atoms with van der Waals surface area (Å²) in [5.74, 6) is 0. The lowest BCUT2D eigenvalue weighted by Crippen LogP contribution is -2.25. The predicted molar refractivity (Wildman–Crippen MR) is 69.4 cm³/mol. The average Bonchev–Trinajstić information content (AvgIpc) is 2.14. The van der Waals surface area contributed by atoms with Gasteiger partial charge in [0.2, 0.25) is 0 Å². The Balaban J connectivity index is 2.88. The van der Waals surface area contributed by atoms with E-state index in [2.05, 4.69) is 33.9 Å². The number of aromatic nitrogens is 1. The first kappa shape index (κ1) is 13.2. The van der Waals surface area contributed by atoms with Crippen LogP contribution in [0.25, 0.3) is 0 Å². The first-order chi connectivity index (χ1) is 7.30. The third-order valence-electron chi connectivity index (χ3n) is 2.41. The first-order valence-corrected chi connectivity index (χ1v) is 8.41. The van der Waals surface area contributed by atoms with Crippen LogP contribution in [0.1, 0.15) is 26.3 Å². The van der Waals surface area contributed by atoms with Crippen LogP contribution in [0.4, 0.5) is 0 Å². The van der Waals surface area contributed by atoms with Crippen molar-refractivity contribution in [3.8, 4) is 0 Å². The van der Waals surface area contributed by atoms with Crippen molar-refractivity contribution in [1.29, 1.82) is 0 Å². The number of hydrogen-bond acceptors (Lipinski definition) is 2. The summed E-state index contributed by atoms with van der Waals surface area (Å²) in [5.41, 5.74) is 1.10. The highest BCUT2D eigenvalue weighted by Gasteiger charge is 2.14. The largest absolute Gasteiger partial charge is 0.403 e. The zero-order valence-corrected chi connectivity index (χ0v) is 11.9. The van der Waals surface area contributed by atoms with Gasteiger partial charge in [-0.1, -0.05) is 20.8 Å². The molecule has 0 radical (unpaired) electrons. The molecule has 4 heteroatoms. The molecule has 0 N–H and O–H groups in total. The Morgan fingerprint density at radius 3 is 2.44 bits per heavy atom. The zero-order chi connectivity index (χ0) is 12.3. The van der Waals surface area contributed by atoms with Gasteiger partial charge in [-0.05, 0) is 30.1 Å². The second kappa shape index (κ2) is 4.97. The minimum absolute atomic E-state index is 0.0158. The molecule has 0 atom stereocenters. The monoisotopic (exact) mass is 239 g/mol. The molecule has 0 aliphatic rings. The summed E-state index contributed by atoms with van der Waals surface area (Å²) in [6, 6.07) is 3.69. The van der Waals surface area contributed by atoms with Crippen LogP contribution in [0.3, 0.4) is 0 Å². The van der Waals surface area contributed by atoms with E-state index in [4.69, 9.17) is 4.43 Å². The van der Waals surface area contributed by atoms with Crippen molar-refractivity contribution in [3.63, 3.8) is 0 Å². The molecule has 1 heterocycles. The molecule has 3 nitrogen and oxygen atoms in total. The van der Waals surface area contributed by atoms with E-state index in [1.165, 1.54) is 0 Å². The maximum absolute atomic E-state index is 11.8. The van der Waals surface area contributed by atoms with Crippen LogP contribution in [0, 0.1) is 0 Å². The SMILES string of the molecule is C[SiH](C)OCn1ccc(C(C)(C)C)cc1=O. The third-order valence-corrected chi connectivity index (χ3v) is 3.22. The van der Waals surface area contributed by atoms with E-state index < -0.39 is 9.04 Å². The molecule has 1 rings (SSSR count). The van der Waals surface area contributed by atoms with Gasteiger partial charge in [-0.15, -0.1) is 0 Å². The number of rotatable bonds is 3. The van der Waals surface area contributed by atoms with E-state index in [9.17, 15) is 4.79 Å². The van der Waals surface area contributed by atoms with E-state index >= 15 is 0 Å². The molecule has 90 valence electrons. The quantitative estimate of drug-likeness (QED) is 0.756. The number of hydrogen-bond donors (Lipinski definition) is 0. The van der Waals surface area contributed by atoms with Gasteiger partial charge < -0.3 is 4.43 Å². The molecule has 0 aromatic carbocycles. The molecule has 16 heavy (non-hydrogen) atoms. The summed E-state index contributed by atoms with van der Waals surface area (Å²) in [7, 11) is -1.07. The van der Waals surface area contributed by atoms with Gasteiger partial charge in [0.1, 0.15) is 6.73 Å². The third kappa shape index (κ3) is 3.61. The highest BCUT2D eigenvalue weighted by molar-refractivity contribution is 6.48. The molecule has 0 spiro atoms. The molecule has 1 aromatic rings. The highest BCUT2D eigenvalue weighted by atomic mass is 28.3. The Bertz CT molecular complexity index is 404. The van der Waals surface area contributed by atoms with Crippen molar-refractivity contribution in [2.75, 3.05) is 0 Å². The van der Waals surface area contributed by atoms with Crippen molar-refractivity contribution in [3.05, 3.63) is 34.2 Å². The summed E-state index contributed by atoms with van der Waals surface area (Å²) >= 11 is 0. The normalized spacial score (nSPS) is 12.1. The zero-order valence-electron chi connectivity index (χ0n) is 10.8. The fraction of sp³-hybridized carbons (Fsp3) is 0.583. The lowest BCUT2D eigenvalue weighted by atomic mass is 9.88. The van der Waals surface area contributed by atoms with Crippen LogP contribution < -0.4 is 5.56 Å². The lowest BCUT2D eigenvalue weighted by molar-refractivity contribution is 0.236. The molecule has 0 amide bonds. The minimum atomic E-state index is -1.07. The average molecular weight is 239 g/mol. The van der Waals surface area contributed by atoms with Crippen molar-refractivity contribution in [2.24, 2.45) is 0 Å². The molecule has 0 aliphatic carbocycles. The molecule has 0 saturated heterocycles. The van der Waals surface area contributed by atoms with Gasteiger partial charge in [0.25, 0.3) is 5.56 Å². The predicted octanol–water partition coefficient (Wildman–Crippen LogP) is 2.10. The molecule has 0 fully saturated rings. The van der Waals surface area contributed by atoms with Crippen LogP contribution in [0.2, 0.25) is 13.1 Å². The molecular weight excluding hydrogens is 218 g/mol. The van der Waals surface area contributed by atoms with Crippen molar-refractivity contribution in [1.82, 2.24) is 4.57 Å². The van der Waals surface area contributed by atoms with Gasteiger partial charge in [-0.25, -0.2) is 0 Å². The Hall–Kier alpha value is -0.873.